The lowest BCUT2D eigenvalue weighted by atomic mass is 10.0. The van der Waals surface area contributed by atoms with E-state index in [2.05, 4.69) is 10.5 Å². The smallest absolute Gasteiger partial charge is 0.265 e. The molecule has 3 aromatic rings. The summed E-state index contributed by atoms with van der Waals surface area (Å²) in [4.78, 5) is 12.8. The van der Waals surface area contributed by atoms with E-state index in [1.54, 1.807) is 24.3 Å². The van der Waals surface area contributed by atoms with Crippen LogP contribution in [0.5, 0.6) is 0 Å². The average molecular weight is 407 g/mol. The Labute approximate surface area is 169 Å². The summed E-state index contributed by atoms with van der Waals surface area (Å²) < 4.78 is 27.0. The second-order valence-corrected chi connectivity index (χ2v) is 9.02. The minimum atomic E-state index is -3.77. The lowest BCUT2D eigenvalue weighted by Crippen LogP contribution is -2.37. The SMILES string of the molecule is C/C(=N/NC(=O)CN1c2cccc3cccc(c23)S1(=O)=O)c1cc(C)ccc1C. The highest BCUT2D eigenvalue weighted by Crippen LogP contribution is 2.41. The molecule has 3 aromatic carbocycles. The van der Waals surface area contributed by atoms with Crippen LogP contribution in [0, 0.1) is 13.8 Å². The molecule has 1 aliphatic rings. The molecule has 29 heavy (non-hydrogen) atoms. The van der Waals surface area contributed by atoms with Crippen molar-refractivity contribution < 1.29 is 13.2 Å². The van der Waals surface area contributed by atoms with Crippen LogP contribution in [0.25, 0.3) is 10.8 Å². The molecule has 0 spiro atoms. The van der Waals surface area contributed by atoms with E-state index in [1.807, 2.05) is 51.1 Å². The van der Waals surface area contributed by atoms with E-state index in [4.69, 9.17) is 0 Å². The Morgan fingerprint density at radius 1 is 1.07 bits per heavy atom. The molecule has 0 fully saturated rings. The number of hydrogen-bond acceptors (Lipinski definition) is 4. The van der Waals surface area contributed by atoms with Gasteiger partial charge in [0.05, 0.1) is 16.3 Å². The van der Waals surface area contributed by atoms with Gasteiger partial charge in [-0.2, -0.15) is 5.10 Å². The summed E-state index contributed by atoms with van der Waals surface area (Å²) in [6.45, 7) is 5.44. The number of hydrazone groups is 1. The van der Waals surface area contributed by atoms with Crippen molar-refractivity contribution in [3.63, 3.8) is 0 Å². The molecule has 1 N–H and O–H groups in total. The van der Waals surface area contributed by atoms with Crippen molar-refractivity contribution in [3.8, 4) is 0 Å². The number of amides is 1. The Kier molecular flexibility index (Phi) is 4.62. The largest absolute Gasteiger partial charge is 0.271 e. The summed E-state index contributed by atoms with van der Waals surface area (Å²) in [5.74, 6) is -0.497. The van der Waals surface area contributed by atoms with Crippen LogP contribution >= 0.6 is 0 Å². The standard InChI is InChI=1S/C22H21N3O3S/c1-14-10-11-15(2)18(12-14)16(3)23-24-21(26)13-25-19-8-4-6-17-7-5-9-20(22(17)19)29(25,27)28/h4-12H,13H2,1-3H3,(H,24,26)/b23-16-. The lowest BCUT2D eigenvalue weighted by molar-refractivity contribution is -0.119. The summed E-state index contributed by atoms with van der Waals surface area (Å²) >= 11 is 0. The van der Waals surface area contributed by atoms with Gasteiger partial charge in [-0.05, 0) is 49.9 Å². The number of benzene rings is 3. The van der Waals surface area contributed by atoms with Crippen LogP contribution in [0.4, 0.5) is 5.69 Å². The van der Waals surface area contributed by atoms with Gasteiger partial charge in [0.25, 0.3) is 15.9 Å². The maximum absolute atomic E-state index is 13.0. The van der Waals surface area contributed by atoms with Gasteiger partial charge in [0, 0.05) is 10.9 Å². The molecule has 0 radical (unpaired) electrons. The predicted molar refractivity (Wildman–Crippen MR) is 115 cm³/mol. The van der Waals surface area contributed by atoms with Gasteiger partial charge in [-0.15, -0.1) is 0 Å². The molecular weight excluding hydrogens is 386 g/mol. The fourth-order valence-corrected chi connectivity index (χ4v) is 5.29. The van der Waals surface area contributed by atoms with Crippen LogP contribution in [0.3, 0.4) is 0 Å². The third-order valence-corrected chi connectivity index (χ3v) is 6.90. The summed E-state index contributed by atoms with van der Waals surface area (Å²) in [5.41, 5.74) is 6.76. The minimum absolute atomic E-state index is 0.230. The third kappa shape index (κ3) is 3.27. The first-order valence-electron chi connectivity index (χ1n) is 9.24. The van der Waals surface area contributed by atoms with Crippen LogP contribution < -0.4 is 9.73 Å². The molecule has 0 unspecified atom stereocenters. The lowest BCUT2D eigenvalue weighted by Gasteiger charge is -2.17. The number of rotatable bonds is 4. The molecule has 6 nitrogen and oxygen atoms in total. The first kappa shape index (κ1) is 19.1. The molecule has 0 atom stereocenters. The van der Waals surface area contributed by atoms with Crippen molar-refractivity contribution in [1.82, 2.24) is 5.43 Å². The number of anilines is 1. The Morgan fingerprint density at radius 2 is 1.79 bits per heavy atom. The number of sulfonamides is 1. The summed E-state index contributed by atoms with van der Waals surface area (Å²) in [7, 11) is -3.77. The van der Waals surface area contributed by atoms with Gasteiger partial charge in [0.1, 0.15) is 6.54 Å². The monoisotopic (exact) mass is 407 g/mol. The molecule has 0 aromatic heterocycles. The zero-order chi connectivity index (χ0) is 20.8. The van der Waals surface area contributed by atoms with Crippen molar-refractivity contribution in [2.75, 3.05) is 10.8 Å². The van der Waals surface area contributed by atoms with Gasteiger partial charge >= 0.3 is 0 Å². The third-order valence-electron chi connectivity index (χ3n) is 5.10. The Hall–Kier alpha value is -3.19. The van der Waals surface area contributed by atoms with Gasteiger partial charge in [0.2, 0.25) is 0 Å². The quantitative estimate of drug-likeness (QED) is 0.531. The molecule has 0 saturated heterocycles. The van der Waals surface area contributed by atoms with Crippen molar-refractivity contribution in [3.05, 3.63) is 71.3 Å². The maximum atomic E-state index is 13.0. The van der Waals surface area contributed by atoms with E-state index in [0.29, 0.717) is 16.8 Å². The summed E-state index contributed by atoms with van der Waals surface area (Å²) in [6.07, 6.45) is 0. The van der Waals surface area contributed by atoms with E-state index in [1.165, 1.54) is 0 Å². The number of nitrogens with one attached hydrogen (secondary N) is 1. The van der Waals surface area contributed by atoms with E-state index >= 15 is 0 Å². The topological polar surface area (TPSA) is 78.8 Å². The Balaban J connectivity index is 1.58. The zero-order valence-electron chi connectivity index (χ0n) is 16.4. The van der Waals surface area contributed by atoms with Gasteiger partial charge in [-0.25, -0.2) is 13.8 Å². The van der Waals surface area contributed by atoms with E-state index in [-0.39, 0.29) is 11.4 Å². The van der Waals surface area contributed by atoms with Crippen LogP contribution in [0.1, 0.15) is 23.6 Å². The number of nitrogens with zero attached hydrogens (tertiary/aromatic N) is 2. The van der Waals surface area contributed by atoms with E-state index in [0.717, 1.165) is 26.4 Å². The molecule has 0 saturated carbocycles. The van der Waals surface area contributed by atoms with E-state index < -0.39 is 15.9 Å². The molecule has 1 amide bonds. The van der Waals surface area contributed by atoms with Crippen molar-refractivity contribution in [1.29, 1.82) is 0 Å². The number of aryl methyl sites for hydroxylation is 2. The maximum Gasteiger partial charge on any atom is 0.265 e. The van der Waals surface area contributed by atoms with Gasteiger partial charge < -0.3 is 0 Å². The minimum Gasteiger partial charge on any atom is -0.271 e. The van der Waals surface area contributed by atoms with Gasteiger partial charge in [0.15, 0.2) is 0 Å². The first-order valence-corrected chi connectivity index (χ1v) is 10.7. The summed E-state index contributed by atoms with van der Waals surface area (Å²) in [5, 5.41) is 5.66. The highest BCUT2D eigenvalue weighted by atomic mass is 32.2. The second kappa shape index (κ2) is 7.00. The van der Waals surface area contributed by atoms with Gasteiger partial charge in [-0.1, -0.05) is 42.0 Å². The molecule has 1 aliphatic heterocycles. The van der Waals surface area contributed by atoms with Crippen molar-refractivity contribution >= 4 is 38.1 Å². The molecule has 0 aliphatic carbocycles. The van der Waals surface area contributed by atoms with Crippen LogP contribution in [0.15, 0.2) is 64.6 Å². The summed E-state index contributed by atoms with van der Waals surface area (Å²) in [6, 6.07) is 16.5. The van der Waals surface area contributed by atoms with Crippen LogP contribution in [-0.4, -0.2) is 26.6 Å². The van der Waals surface area contributed by atoms with Crippen LogP contribution in [0.2, 0.25) is 0 Å². The highest BCUT2D eigenvalue weighted by Gasteiger charge is 2.36. The second-order valence-electron chi connectivity index (χ2n) is 7.19. The molecule has 1 heterocycles. The fraction of sp³-hybridized carbons (Fsp3) is 0.182. The fourth-order valence-electron chi connectivity index (χ4n) is 3.63. The Bertz CT molecular complexity index is 1270. The van der Waals surface area contributed by atoms with Gasteiger partial charge in [-0.3, -0.25) is 9.10 Å². The van der Waals surface area contributed by atoms with Crippen molar-refractivity contribution in [2.24, 2.45) is 5.10 Å². The normalized spacial score (nSPS) is 15.0. The van der Waals surface area contributed by atoms with Crippen LogP contribution in [-0.2, 0) is 14.8 Å². The van der Waals surface area contributed by atoms with Crippen molar-refractivity contribution in [2.45, 2.75) is 25.7 Å². The Morgan fingerprint density at radius 3 is 2.55 bits per heavy atom. The number of carbonyl (C=O) groups excluding carboxylic acids is 1. The van der Waals surface area contributed by atoms with E-state index in [9.17, 15) is 13.2 Å². The predicted octanol–water partition coefficient (Wildman–Crippen LogP) is 3.51. The first-order chi connectivity index (χ1) is 13.8. The molecular formula is C22H21N3O3S. The highest BCUT2D eigenvalue weighted by molar-refractivity contribution is 7.93. The number of hydrogen-bond donors (Lipinski definition) is 1. The number of carbonyl (C=O) groups is 1. The molecule has 0 bridgehead atoms. The molecule has 4 rings (SSSR count). The average Bonchev–Trinajstić information content (AvgIpc) is 2.91. The zero-order valence-corrected chi connectivity index (χ0v) is 17.2. The molecule has 7 heteroatoms. The molecule has 148 valence electrons.